The van der Waals surface area contributed by atoms with Gasteiger partial charge in [0.15, 0.2) is 0 Å². The smallest absolute Gasteiger partial charge is 0.338 e. The van der Waals surface area contributed by atoms with Crippen molar-refractivity contribution in [2.45, 2.75) is 13.5 Å². The summed E-state index contributed by atoms with van der Waals surface area (Å²) in [6.07, 6.45) is 0. The van der Waals surface area contributed by atoms with Crippen LogP contribution in [0.3, 0.4) is 0 Å². The number of ether oxygens (including phenoxy) is 1. The molecule has 0 atom stereocenters. The van der Waals surface area contributed by atoms with Gasteiger partial charge in [-0.05, 0) is 43.8 Å². The summed E-state index contributed by atoms with van der Waals surface area (Å²) >= 11 is 0. The van der Waals surface area contributed by atoms with Gasteiger partial charge in [0.2, 0.25) is 0 Å². The van der Waals surface area contributed by atoms with E-state index in [4.69, 9.17) is 10.1 Å². The molecule has 2 N–H and O–H groups in total. The molecule has 1 fully saturated rings. The zero-order valence-electron chi connectivity index (χ0n) is 16.1. The van der Waals surface area contributed by atoms with Gasteiger partial charge in [-0.3, -0.25) is 4.90 Å². The summed E-state index contributed by atoms with van der Waals surface area (Å²) in [6, 6.07) is 13.7. The van der Waals surface area contributed by atoms with E-state index < -0.39 is 0 Å². The molecule has 0 unspecified atom stereocenters. The second-order valence-corrected chi connectivity index (χ2v) is 6.76. The van der Waals surface area contributed by atoms with E-state index >= 15 is 0 Å². The number of carbonyl (C=O) groups excluding carboxylic acids is 1. The SMILES string of the molecule is CCOC(=O)c1cccc(CN/C(=C2/CN(C)CC2=N)c2ccccc2F)c1. The van der Waals surface area contributed by atoms with Crippen molar-refractivity contribution in [2.24, 2.45) is 0 Å². The number of carbonyl (C=O) groups is 1. The summed E-state index contributed by atoms with van der Waals surface area (Å²) in [5.41, 5.74) is 3.68. The van der Waals surface area contributed by atoms with Crippen molar-refractivity contribution in [3.63, 3.8) is 0 Å². The van der Waals surface area contributed by atoms with Crippen molar-refractivity contribution < 1.29 is 13.9 Å². The Morgan fingerprint density at radius 1 is 1.21 bits per heavy atom. The molecule has 1 aliphatic heterocycles. The molecule has 0 spiro atoms. The number of likely N-dealkylation sites (tertiary alicyclic amines) is 1. The van der Waals surface area contributed by atoms with E-state index in [0.29, 0.717) is 48.8 Å². The van der Waals surface area contributed by atoms with E-state index in [2.05, 4.69) is 5.32 Å². The Morgan fingerprint density at radius 3 is 2.68 bits per heavy atom. The number of rotatable bonds is 6. The topological polar surface area (TPSA) is 65.4 Å². The third-order valence-corrected chi connectivity index (χ3v) is 4.57. The molecule has 0 radical (unpaired) electrons. The van der Waals surface area contributed by atoms with Gasteiger partial charge in [-0.1, -0.05) is 24.3 Å². The van der Waals surface area contributed by atoms with Gasteiger partial charge in [0.05, 0.1) is 23.6 Å². The maximum Gasteiger partial charge on any atom is 0.338 e. The van der Waals surface area contributed by atoms with E-state index in [1.165, 1.54) is 6.07 Å². The van der Waals surface area contributed by atoms with Gasteiger partial charge in [-0.15, -0.1) is 0 Å². The molecule has 0 bridgehead atoms. The number of nitrogens with one attached hydrogen (secondary N) is 2. The minimum Gasteiger partial charge on any atom is -0.462 e. The Morgan fingerprint density at radius 2 is 2.00 bits per heavy atom. The number of hydrogen-bond donors (Lipinski definition) is 2. The molecule has 0 amide bonds. The lowest BCUT2D eigenvalue weighted by Crippen LogP contribution is -2.18. The Balaban J connectivity index is 1.89. The highest BCUT2D eigenvalue weighted by molar-refractivity contribution is 6.07. The second kappa shape index (κ2) is 8.80. The van der Waals surface area contributed by atoms with Crippen molar-refractivity contribution >= 4 is 17.4 Å². The van der Waals surface area contributed by atoms with Crippen molar-refractivity contribution in [3.05, 3.63) is 76.6 Å². The summed E-state index contributed by atoms with van der Waals surface area (Å²) in [5, 5.41) is 11.6. The number of benzene rings is 2. The first-order valence-electron chi connectivity index (χ1n) is 9.24. The minimum atomic E-state index is -0.365. The highest BCUT2D eigenvalue weighted by Crippen LogP contribution is 2.24. The molecule has 1 saturated heterocycles. The average molecular weight is 381 g/mol. The van der Waals surface area contributed by atoms with Gasteiger partial charge >= 0.3 is 5.97 Å². The Hall–Kier alpha value is -2.99. The van der Waals surface area contributed by atoms with Crippen molar-refractivity contribution in [2.75, 3.05) is 26.7 Å². The highest BCUT2D eigenvalue weighted by atomic mass is 19.1. The molecule has 0 aromatic heterocycles. The predicted molar refractivity (Wildman–Crippen MR) is 108 cm³/mol. The maximum absolute atomic E-state index is 14.5. The third-order valence-electron chi connectivity index (χ3n) is 4.57. The summed E-state index contributed by atoms with van der Waals surface area (Å²) < 4.78 is 19.5. The average Bonchev–Trinajstić information content (AvgIpc) is 3.02. The highest BCUT2D eigenvalue weighted by Gasteiger charge is 2.24. The van der Waals surface area contributed by atoms with Crippen molar-refractivity contribution in [1.29, 1.82) is 5.41 Å². The van der Waals surface area contributed by atoms with Crippen LogP contribution in [-0.4, -0.2) is 43.3 Å². The van der Waals surface area contributed by atoms with Crippen LogP contribution in [0.5, 0.6) is 0 Å². The summed E-state index contributed by atoms with van der Waals surface area (Å²) in [5.74, 6) is -0.698. The van der Waals surface area contributed by atoms with Crippen LogP contribution in [0.4, 0.5) is 4.39 Å². The number of likely N-dealkylation sites (N-methyl/N-ethyl adjacent to an activating group) is 1. The van der Waals surface area contributed by atoms with Gasteiger partial charge in [0.25, 0.3) is 0 Å². The Kier molecular flexibility index (Phi) is 6.21. The van der Waals surface area contributed by atoms with Gasteiger partial charge in [-0.2, -0.15) is 0 Å². The second-order valence-electron chi connectivity index (χ2n) is 6.76. The van der Waals surface area contributed by atoms with E-state index in [1.54, 1.807) is 43.3 Å². The van der Waals surface area contributed by atoms with Crippen molar-refractivity contribution in [1.82, 2.24) is 10.2 Å². The predicted octanol–water partition coefficient (Wildman–Crippen LogP) is 3.47. The number of esters is 1. The summed E-state index contributed by atoms with van der Waals surface area (Å²) in [7, 11) is 1.93. The first kappa shape index (κ1) is 19.8. The molecule has 0 aliphatic carbocycles. The number of nitrogens with zero attached hydrogens (tertiary/aromatic N) is 1. The summed E-state index contributed by atoms with van der Waals surface area (Å²) in [6.45, 7) is 3.60. The normalized spacial score (nSPS) is 16.2. The molecule has 1 aliphatic rings. The fraction of sp³-hybridized carbons (Fsp3) is 0.273. The monoisotopic (exact) mass is 381 g/mol. The molecular formula is C22H24FN3O2. The molecule has 0 saturated carbocycles. The Bertz CT molecular complexity index is 924. The quantitative estimate of drug-likeness (QED) is 0.752. The molecule has 2 aromatic rings. The van der Waals surface area contributed by atoms with Crippen LogP contribution in [0.15, 0.2) is 54.1 Å². The molecular weight excluding hydrogens is 357 g/mol. The van der Waals surface area contributed by atoms with E-state index in [-0.39, 0.29) is 11.8 Å². The largest absolute Gasteiger partial charge is 0.462 e. The number of hydrogen-bond acceptors (Lipinski definition) is 5. The van der Waals surface area contributed by atoms with Gasteiger partial charge in [-0.25, -0.2) is 9.18 Å². The van der Waals surface area contributed by atoms with E-state index in [1.807, 2.05) is 18.0 Å². The number of halogens is 1. The van der Waals surface area contributed by atoms with Crippen LogP contribution in [-0.2, 0) is 11.3 Å². The zero-order chi connectivity index (χ0) is 20.1. The van der Waals surface area contributed by atoms with Gasteiger partial charge in [0, 0.05) is 30.8 Å². The molecule has 2 aromatic carbocycles. The Labute approximate surface area is 164 Å². The lowest BCUT2D eigenvalue weighted by Gasteiger charge is -2.16. The standard InChI is InChI=1S/C22H24FN3O2/c1-3-28-22(27)16-8-6-7-15(11-16)12-25-21(17-9-4-5-10-19(17)23)18-13-26(2)14-20(18)24/h4-11,24-25H,3,12-14H2,1-2H3/b21-18-,24-20?. The van der Waals surface area contributed by atoms with Crippen LogP contribution >= 0.6 is 0 Å². The molecule has 6 heteroatoms. The zero-order valence-corrected chi connectivity index (χ0v) is 16.1. The summed E-state index contributed by atoms with van der Waals surface area (Å²) in [4.78, 5) is 14.0. The molecule has 28 heavy (non-hydrogen) atoms. The maximum atomic E-state index is 14.5. The van der Waals surface area contributed by atoms with Crippen molar-refractivity contribution in [3.8, 4) is 0 Å². The molecule has 1 heterocycles. The first-order chi connectivity index (χ1) is 13.5. The van der Waals surface area contributed by atoms with Crippen LogP contribution in [0.2, 0.25) is 0 Å². The molecule has 5 nitrogen and oxygen atoms in total. The fourth-order valence-corrected chi connectivity index (χ4v) is 3.26. The van der Waals surface area contributed by atoms with E-state index in [9.17, 15) is 9.18 Å². The van der Waals surface area contributed by atoms with Crippen LogP contribution < -0.4 is 5.32 Å². The van der Waals surface area contributed by atoms with E-state index in [0.717, 1.165) is 11.1 Å². The van der Waals surface area contributed by atoms with Crippen LogP contribution in [0.25, 0.3) is 5.70 Å². The van der Waals surface area contributed by atoms with Gasteiger partial charge < -0.3 is 15.5 Å². The fourth-order valence-electron chi connectivity index (χ4n) is 3.26. The first-order valence-corrected chi connectivity index (χ1v) is 9.24. The van der Waals surface area contributed by atoms with Crippen LogP contribution in [0, 0.1) is 11.2 Å². The molecule has 146 valence electrons. The lowest BCUT2D eigenvalue weighted by molar-refractivity contribution is 0.0526. The third kappa shape index (κ3) is 4.46. The van der Waals surface area contributed by atoms with Crippen LogP contribution in [0.1, 0.15) is 28.4 Å². The minimum absolute atomic E-state index is 0.320. The van der Waals surface area contributed by atoms with Gasteiger partial charge in [0.1, 0.15) is 5.82 Å². The molecule has 3 rings (SSSR count). The lowest BCUT2D eigenvalue weighted by atomic mass is 10.0.